The number of ether oxygens (including phenoxy) is 1. The number of rotatable bonds is 8. The molecular weight excluding hydrogens is 270 g/mol. The zero-order valence-corrected chi connectivity index (χ0v) is 13.0. The average Bonchev–Trinajstić information content (AvgIpc) is 2.88. The highest BCUT2D eigenvalue weighted by Crippen LogP contribution is 2.27. The SMILES string of the molecule is CCCCOc1ccc(CNCC2(O)CCSC2)cc1. The second-order valence-electron chi connectivity index (χ2n) is 5.48. The van der Waals surface area contributed by atoms with Gasteiger partial charge in [-0.3, -0.25) is 0 Å². The maximum atomic E-state index is 10.2. The minimum Gasteiger partial charge on any atom is -0.494 e. The third-order valence-corrected chi connectivity index (χ3v) is 4.79. The number of aliphatic hydroxyl groups is 1. The van der Waals surface area contributed by atoms with Crippen molar-refractivity contribution in [3.05, 3.63) is 29.8 Å². The summed E-state index contributed by atoms with van der Waals surface area (Å²) >= 11 is 1.83. The van der Waals surface area contributed by atoms with Crippen LogP contribution in [0.2, 0.25) is 0 Å². The zero-order valence-electron chi connectivity index (χ0n) is 12.2. The summed E-state index contributed by atoms with van der Waals surface area (Å²) in [5, 5.41) is 13.6. The van der Waals surface area contributed by atoms with Crippen molar-refractivity contribution in [3.8, 4) is 5.75 Å². The van der Waals surface area contributed by atoms with Crippen molar-refractivity contribution in [2.45, 2.75) is 38.3 Å². The summed E-state index contributed by atoms with van der Waals surface area (Å²) < 4.78 is 5.64. The third-order valence-electron chi connectivity index (χ3n) is 3.56. The molecular formula is C16H25NO2S. The fraction of sp³-hybridized carbons (Fsp3) is 0.625. The van der Waals surface area contributed by atoms with Crippen molar-refractivity contribution in [1.82, 2.24) is 5.32 Å². The number of nitrogens with one attached hydrogen (secondary N) is 1. The van der Waals surface area contributed by atoms with Crippen molar-refractivity contribution in [2.75, 3.05) is 24.7 Å². The summed E-state index contributed by atoms with van der Waals surface area (Å²) in [6.07, 6.45) is 3.15. The first kappa shape index (κ1) is 15.7. The predicted octanol–water partition coefficient (Wildman–Crippen LogP) is 2.82. The van der Waals surface area contributed by atoms with Crippen LogP contribution in [0.5, 0.6) is 5.75 Å². The monoisotopic (exact) mass is 295 g/mol. The fourth-order valence-corrected chi connectivity index (χ4v) is 3.51. The lowest BCUT2D eigenvalue weighted by Crippen LogP contribution is -2.40. The largest absolute Gasteiger partial charge is 0.494 e. The molecule has 1 fully saturated rings. The number of hydrogen-bond acceptors (Lipinski definition) is 4. The standard InChI is InChI=1S/C16H25NO2S/c1-2-3-9-19-15-6-4-14(5-7-15)11-17-12-16(18)8-10-20-13-16/h4-7,17-18H,2-3,8-13H2,1H3. The highest BCUT2D eigenvalue weighted by molar-refractivity contribution is 7.99. The normalized spacial score (nSPS) is 22.1. The van der Waals surface area contributed by atoms with E-state index in [1.54, 1.807) is 0 Å². The van der Waals surface area contributed by atoms with E-state index in [9.17, 15) is 5.11 Å². The molecule has 0 spiro atoms. The van der Waals surface area contributed by atoms with E-state index in [-0.39, 0.29) is 0 Å². The van der Waals surface area contributed by atoms with Gasteiger partial charge in [-0.2, -0.15) is 11.8 Å². The maximum Gasteiger partial charge on any atom is 0.119 e. The molecule has 0 bridgehead atoms. The van der Waals surface area contributed by atoms with Gasteiger partial charge in [0.25, 0.3) is 0 Å². The molecule has 1 aromatic rings. The molecule has 1 aromatic carbocycles. The first-order valence-corrected chi connectivity index (χ1v) is 8.60. The second kappa shape index (κ2) is 7.91. The molecule has 1 atom stereocenters. The Kier molecular flexibility index (Phi) is 6.20. The highest BCUT2D eigenvalue weighted by atomic mass is 32.2. The zero-order chi connectivity index (χ0) is 14.3. The van der Waals surface area contributed by atoms with Crippen LogP contribution in [-0.2, 0) is 6.54 Å². The lowest BCUT2D eigenvalue weighted by Gasteiger charge is -2.21. The van der Waals surface area contributed by atoms with Gasteiger partial charge in [-0.25, -0.2) is 0 Å². The summed E-state index contributed by atoms with van der Waals surface area (Å²) in [4.78, 5) is 0. The quantitative estimate of drug-likeness (QED) is 0.724. The molecule has 0 aromatic heterocycles. The van der Waals surface area contributed by atoms with Gasteiger partial charge in [-0.1, -0.05) is 25.5 Å². The molecule has 4 heteroatoms. The minimum atomic E-state index is -0.506. The molecule has 1 heterocycles. The van der Waals surface area contributed by atoms with E-state index in [1.165, 1.54) is 5.56 Å². The summed E-state index contributed by atoms with van der Waals surface area (Å²) in [5.74, 6) is 2.86. The minimum absolute atomic E-state index is 0.506. The van der Waals surface area contributed by atoms with Crippen LogP contribution in [0.25, 0.3) is 0 Å². The van der Waals surface area contributed by atoms with Crippen molar-refractivity contribution in [3.63, 3.8) is 0 Å². The van der Waals surface area contributed by atoms with Crippen LogP contribution < -0.4 is 10.1 Å². The number of hydrogen-bond donors (Lipinski definition) is 2. The Morgan fingerprint density at radius 2 is 2.15 bits per heavy atom. The van der Waals surface area contributed by atoms with Gasteiger partial charge in [0.15, 0.2) is 0 Å². The Hall–Kier alpha value is -0.710. The van der Waals surface area contributed by atoms with E-state index >= 15 is 0 Å². The van der Waals surface area contributed by atoms with Gasteiger partial charge in [0, 0.05) is 18.8 Å². The maximum absolute atomic E-state index is 10.2. The Morgan fingerprint density at radius 3 is 2.80 bits per heavy atom. The van der Waals surface area contributed by atoms with E-state index in [0.29, 0.717) is 6.54 Å². The van der Waals surface area contributed by atoms with E-state index in [1.807, 2.05) is 23.9 Å². The lowest BCUT2D eigenvalue weighted by molar-refractivity contribution is 0.0674. The molecule has 20 heavy (non-hydrogen) atoms. The van der Waals surface area contributed by atoms with Crippen LogP contribution >= 0.6 is 11.8 Å². The summed E-state index contributed by atoms with van der Waals surface area (Å²) in [6, 6.07) is 8.21. The molecule has 112 valence electrons. The summed E-state index contributed by atoms with van der Waals surface area (Å²) in [7, 11) is 0. The van der Waals surface area contributed by atoms with Crippen molar-refractivity contribution >= 4 is 11.8 Å². The van der Waals surface area contributed by atoms with Gasteiger partial charge in [-0.15, -0.1) is 0 Å². The molecule has 1 unspecified atom stereocenters. The van der Waals surface area contributed by atoms with E-state index in [2.05, 4.69) is 24.4 Å². The Balaban J connectivity index is 1.70. The van der Waals surface area contributed by atoms with Crippen molar-refractivity contribution in [2.24, 2.45) is 0 Å². The first-order valence-electron chi connectivity index (χ1n) is 7.44. The van der Waals surface area contributed by atoms with E-state index in [0.717, 1.165) is 49.7 Å². The van der Waals surface area contributed by atoms with Crippen LogP contribution in [0.3, 0.4) is 0 Å². The van der Waals surface area contributed by atoms with Gasteiger partial charge >= 0.3 is 0 Å². The summed E-state index contributed by atoms with van der Waals surface area (Å²) in [5.41, 5.74) is 0.718. The molecule has 0 aliphatic carbocycles. The highest BCUT2D eigenvalue weighted by Gasteiger charge is 2.30. The topological polar surface area (TPSA) is 41.5 Å². The smallest absolute Gasteiger partial charge is 0.119 e. The van der Waals surface area contributed by atoms with E-state index < -0.39 is 5.60 Å². The molecule has 0 amide bonds. The third kappa shape index (κ3) is 5.00. The van der Waals surface area contributed by atoms with Crippen molar-refractivity contribution in [1.29, 1.82) is 0 Å². The van der Waals surface area contributed by atoms with Gasteiger partial charge in [0.1, 0.15) is 5.75 Å². The Labute approximate surface area is 126 Å². The summed E-state index contributed by atoms with van der Waals surface area (Å²) in [6.45, 7) is 4.42. The molecule has 2 rings (SSSR count). The molecule has 2 N–H and O–H groups in total. The molecule has 1 aliphatic heterocycles. The lowest BCUT2D eigenvalue weighted by atomic mass is 10.0. The molecule has 0 radical (unpaired) electrons. The molecule has 1 saturated heterocycles. The van der Waals surface area contributed by atoms with Gasteiger partial charge < -0.3 is 15.2 Å². The Bertz CT molecular complexity index is 388. The molecule has 0 saturated carbocycles. The predicted molar refractivity (Wildman–Crippen MR) is 85.4 cm³/mol. The number of unbranched alkanes of at least 4 members (excludes halogenated alkanes) is 1. The van der Waals surface area contributed by atoms with Gasteiger partial charge in [0.2, 0.25) is 0 Å². The number of thioether (sulfide) groups is 1. The van der Waals surface area contributed by atoms with Gasteiger partial charge in [-0.05, 0) is 36.3 Å². The van der Waals surface area contributed by atoms with E-state index in [4.69, 9.17) is 4.74 Å². The van der Waals surface area contributed by atoms with Crippen LogP contribution in [0, 0.1) is 0 Å². The fourth-order valence-electron chi connectivity index (χ4n) is 2.21. The Morgan fingerprint density at radius 1 is 1.35 bits per heavy atom. The van der Waals surface area contributed by atoms with Crippen LogP contribution in [-0.4, -0.2) is 35.4 Å². The second-order valence-corrected chi connectivity index (χ2v) is 6.58. The average molecular weight is 295 g/mol. The molecule has 3 nitrogen and oxygen atoms in total. The van der Waals surface area contributed by atoms with Gasteiger partial charge in [0.05, 0.1) is 12.2 Å². The van der Waals surface area contributed by atoms with Crippen LogP contribution in [0.4, 0.5) is 0 Å². The van der Waals surface area contributed by atoms with Crippen molar-refractivity contribution < 1.29 is 9.84 Å². The molecule has 1 aliphatic rings. The van der Waals surface area contributed by atoms with Crippen LogP contribution in [0.15, 0.2) is 24.3 Å². The number of benzene rings is 1. The van der Waals surface area contributed by atoms with Crippen LogP contribution in [0.1, 0.15) is 31.7 Å². The first-order chi connectivity index (χ1) is 9.72.